The van der Waals surface area contributed by atoms with Gasteiger partial charge in [0.05, 0.1) is 6.61 Å². The molecule has 0 radical (unpaired) electrons. The third-order valence-corrected chi connectivity index (χ3v) is 2.43. The van der Waals surface area contributed by atoms with Crippen molar-refractivity contribution in [3.05, 3.63) is 0 Å². The summed E-state index contributed by atoms with van der Waals surface area (Å²) in [5, 5.41) is 12.2. The number of aliphatic hydroxyl groups excluding tert-OH is 1. The van der Waals surface area contributed by atoms with Crippen molar-refractivity contribution in [2.24, 2.45) is 0 Å². The van der Waals surface area contributed by atoms with Crippen molar-refractivity contribution in [3.63, 3.8) is 0 Å². The molecule has 3 nitrogen and oxygen atoms in total. The number of nitrogens with one attached hydrogen (secondary N) is 1. The van der Waals surface area contributed by atoms with Crippen LogP contribution in [0.4, 0.5) is 0 Å². The van der Waals surface area contributed by atoms with Crippen LogP contribution in [0.3, 0.4) is 0 Å². The number of nitrogens with zero attached hydrogens (tertiary/aromatic N) is 1. The fraction of sp³-hybridized carbons (Fsp3) is 1.00. The van der Waals surface area contributed by atoms with Crippen molar-refractivity contribution >= 4 is 0 Å². The Hall–Kier alpha value is -0.120. The molecule has 2 N–H and O–H groups in total. The molecule has 1 aliphatic rings. The maximum atomic E-state index is 8.70. The molecule has 0 aromatic rings. The van der Waals surface area contributed by atoms with Crippen LogP contribution in [0.15, 0.2) is 0 Å². The molecule has 1 saturated heterocycles. The normalized spacial score (nSPS) is 24.8. The van der Waals surface area contributed by atoms with Crippen LogP contribution in [0.5, 0.6) is 0 Å². The monoisotopic (exact) mass is 172 g/mol. The van der Waals surface area contributed by atoms with Gasteiger partial charge in [0.25, 0.3) is 0 Å². The van der Waals surface area contributed by atoms with E-state index >= 15 is 0 Å². The fourth-order valence-corrected chi connectivity index (χ4v) is 1.72. The van der Waals surface area contributed by atoms with E-state index in [1.54, 1.807) is 0 Å². The Morgan fingerprint density at radius 1 is 1.50 bits per heavy atom. The second-order valence-electron chi connectivity index (χ2n) is 3.63. The fourth-order valence-electron chi connectivity index (χ4n) is 1.72. The van der Waals surface area contributed by atoms with Crippen molar-refractivity contribution < 1.29 is 5.11 Å². The van der Waals surface area contributed by atoms with Crippen LogP contribution in [0.1, 0.15) is 19.3 Å². The summed E-state index contributed by atoms with van der Waals surface area (Å²) in [6.07, 6.45) is 3.96. The molecular weight excluding hydrogens is 152 g/mol. The topological polar surface area (TPSA) is 35.5 Å². The Kier molecular flexibility index (Phi) is 4.58. The van der Waals surface area contributed by atoms with Gasteiger partial charge in [0.1, 0.15) is 0 Å². The minimum absolute atomic E-state index is 0.267. The van der Waals surface area contributed by atoms with E-state index in [-0.39, 0.29) is 6.61 Å². The minimum Gasteiger partial charge on any atom is -0.395 e. The first kappa shape index (κ1) is 9.96. The Morgan fingerprint density at radius 2 is 2.33 bits per heavy atom. The summed E-state index contributed by atoms with van der Waals surface area (Å²) in [6.45, 7) is 3.29. The lowest BCUT2D eigenvalue weighted by Crippen LogP contribution is -2.43. The van der Waals surface area contributed by atoms with Crippen LogP contribution >= 0.6 is 0 Å². The molecule has 1 aliphatic heterocycles. The van der Waals surface area contributed by atoms with Gasteiger partial charge in [-0.3, -0.25) is 0 Å². The minimum atomic E-state index is 0.267. The zero-order chi connectivity index (χ0) is 8.81. The molecule has 1 fully saturated rings. The average Bonchev–Trinajstić information content (AvgIpc) is 2.06. The van der Waals surface area contributed by atoms with E-state index in [0.29, 0.717) is 6.04 Å². The molecular formula is C9H20N2O. The van der Waals surface area contributed by atoms with Gasteiger partial charge in [0.2, 0.25) is 0 Å². The Balaban J connectivity index is 2.11. The quantitative estimate of drug-likeness (QED) is 0.629. The van der Waals surface area contributed by atoms with Gasteiger partial charge >= 0.3 is 0 Å². The highest BCUT2D eigenvalue weighted by atomic mass is 16.3. The number of likely N-dealkylation sites (N-methyl/N-ethyl adjacent to an activating group) is 1. The number of hydrogen-bond acceptors (Lipinski definition) is 3. The van der Waals surface area contributed by atoms with Crippen LogP contribution in [0.25, 0.3) is 0 Å². The lowest BCUT2D eigenvalue weighted by molar-refractivity contribution is 0.200. The van der Waals surface area contributed by atoms with Crippen LogP contribution in [0, 0.1) is 0 Å². The van der Waals surface area contributed by atoms with Crippen LogP contribution < -0.4 is 5.32 Å². The predicted molar refractivity (Wildman–Crippen MR) is 50.2 cm³/mol. The standard InChI is InChI=1S/C9H20N2O/c1-11(6-7-12)8-9-4-2-3-5-10-9/h9-10,12H,2-8H2,1H3/t9-/m0/s1. The molecule has 0 aliphatic carbocycles. The SMILES string of the molecule is CN(CCO)C[C@@H]1CCCCN1. The third kappa shape index (κ3) is 3.52. The summed E-state index contributed by atoms with van der Waals surface area (Å²) in [6, 6.07) is 0.648. The molecule has 0 spiro atoms. The van der Waals surface area contributed by atoms with Crippen LogP contribution in [-0.4, -0.2) is 49.3 Å². The number of hydrogen-bond donors (Lipinski definition) is 2. The van der Waals surface area contributed by atoms with E-state index in [0.717, 1.165) is 19.6 Å². The van der Waals surface area contributed by atoms with Crippen molar-refractivity contribution in [1.29, 1.82) is 0 Å². The van der Waals surface area contributed by atoms with Gasteiger partial charge in [-0.25, -0.2) is 0 Å². The summed E-state index contributed by atoms with van der Waals surface area (Å²) in [5.74, 6) is 0. The zero-order valence-corrected chi connectivity index (χ0v) is 7.92. The maximum Gasteiger partial charge on any atom is 0.0558 e. The summed E-state index contributed by atoms with van der Waals surface area (Å²) in [7, 11) is 2.06. The van der Waals surface area contributed by atoms with Gasteiger partial charge in [-0.2, -0.15) is 0 Å². The lowest BCUT2D eigenvalue weighted by atomic mass is 10.0. The Bertz CT molecular complexity index is 113. The molecule has 0 bridgehead atoms. The van der Waals surface area contributed by atoms with Crippen LogP contribution in [-0.2, 0) is 0 Å². The highest BCUT2D eigenvalue weighted by Crippen LogP contribution is 2.07. The van der Waals surface area contributed by atoms with Crippen molar-refractivity contribution in [3.8, 4) is 0 Å². The van der Waals surface area contributed by atoms with E-state index in [9.17, 15) is 0 Å². The first-order valence-corrected chi connectivity index (χ1v) is 4.85. The largest absolute Gasteiger partial charge is 0.395 e. The van der Waals surface area contributed by atoms with Crippen molar-refractivity contribution in [1.82, 2.24) is 10.2 Å². The van der Waals surface area contributed by atoms with Gasteiger partial charge in [-0.05, 0) is 26.4 Å². The highest BCUT2D eigenvalue weighted by Gasteiger charge is 2.13. The van der Waals surface area contributed by atoms with Gasteiger partial charge in [0.15, 0.2) is 0 Å². The molecule has 0 aromatic heterocycles. The van der Waals surface area contributed by atoms with E-state index in [2.05, 4.69) is 17.3 Å². The van der Waals surface area contributed by atoms with Gasteiger partial charge in [-0.1, -0.05) is 6.42 Å². The molecule has 1 rings (SSSR count). The Morgan fingerprint density at radius 3 is 2.92 bits per heavy atom. The van der Waals surface area contributed by atoms with E-state index in [1.165, 1.54) is 19.3 Å². The third-order valence-electron chi connectivity index (χ3n) is 2.43. The summed E-state index contributed by atoms with van der Waals surface area (Å²) in [4.78, 5) is 2.18. The van der Waals surface area contributed by atoms with Crippen LogP contribution in [0.2, 0.25) is 0 Å². The van der Waals surface area contributed by atoms with Gasteiger partial charge in [0, 0.05) is 19.1 Å². The molecule has 0 aromatic carbocycles. The molecule has 1 atom stereocenters. The van der Waals surface area contributed by atoms with Crippen molar-refractivity contribution in [2.75, 3.05) is 33.3 Å². The zero-order valence-electron chi connectivity index (χ0n) is 7.92. The molecule has 12 heavy (non-hydrogen) atoms. The maximum absolute atomic E-state index is 8.70. The van der Waals surface area contributed by atoms with Gasteiger partial charge < -0.3 is 15.3 Å². The van der Waals surface area contributed by atoms with E-state index in [4.69, 9.17) is 5.11 Å². The number of piperidine rings is 1. The molecule has 3 heteroatoms. The smallest absolute Gasteiger partial charge is 0.0558 e. The lowest BCUT2D eigenvalue weighted by Gasteiger charge is -2.27. The number of rotatable bonds is 4. The Labute approximate surface area is 74.8 Å². The summed E-state index contributed by atoms with van der Waals surface area (Å²) in [5.41, 5.74) is 0. The molecule has 0 unspecified atom stereocenters. The summed E-state index contributed by atoms with van der Waals surface area (Å²) < 4.78 is 0. The summed E-state index contributed by atoms with van der Waals surface area (Å²) >= 11 is 0. The first-order valence-electron chi connectivity index (χ1n) is 4.85. The second-order valence-corrected chi connectivity index (χ2v) is 3.63. The molecule has 1 heterocycles. The number of aliphatic hydroxyl groups is 1. The second kappa shape index (κ2) is 5.51. The first-order chi connectivity index (χ1) is 5.83. The van der Waals surface area contributed by atoms with Gasteiger partial charge in [-0.15, -0.1) is 0 Å². The van der Waals surface area contributed by atoms with Crippen molar-refractivity contribution in [2.45, 2.75) is 25.3 Å². The molecule has 72 valence electrons. The molecule has 0 saturated carbocycles. The van der Waals surface area contributed by atoms with E-state index < -0.39 is 0 Å². The highest BCUT2D eigenvalue weighted by molar-refractivity contribution is 4.74. The average molecular weight is 172 g/mol. The molecule has 0 amide bonds. The predicted octanol–water partition coefficient (Wildman–Crippen LogP) is 0.0526. The van der Waals surface area contributed by atoms with E-state index in [1.807, 2.05) is 0 Å².